The van der Waals surface area contributed by atoms with Gasteiger partial charge in [-0.1, -0.05) is 21.9 Å². The summed E-state index contributed by atoms with van der Waals surface area (Å²) in [6.07, 6.45) is 13.6. The van der Waals surface area contributed by atoms with Crippen LogP contribution >= 0.6 is 15.9 Å². The van der Waals surface area contributed by atoms with Gasteiger partial charge in [0.05, 0.1) is 6.54 Å². The van der Waals surface area contributed by atoms with Gasteiger partial charge in [0.15, 0.2) is 0 Å². The van der Waals surface area contributed by atoms with E-state index in [9.17, 15) is 4.79 Å². The number of nitrogens with one attached hydrogen (secondary N) is 1. The molecule has 0 aromatic rings. The zero-order chi connectivity index (χ0) is 12.8. The van der Waals surface area contributed by atoms with Crippen LogP contribution in [-0.2, 0) is 4.79 Å². The number of hydrogen-bond donors (Lipinski definition) is 1. The maximum atomic E-state index is 12.0. The Bertz CT molecular complexity index is 397. The number of rotatable bonds is 3. The third-order valence-corrected chi connectivity index (χ3v) is 5.96. The molecule has 0 spiro atoms. The lowest BCUT2D eigenvalue weighted by atomic mass is 9.48. The van der Waals surface area contributed by atoms with Gasteiger partial charge in [0.25, 0.3) is 0 Å². The van der Waals surface area contributed by atoms with Crippen molar-refractivity contribution in [3.05, 3.63) is 0 Å². The molecule has 0 aromatic heterocycles. The fourth-order valence-electron chi connectivity index (χ4n) is 5.10. The van der Waals surface area contributed by atoms with Crippen molar-refractivity contribution in [2.45, 2.75) is 49.3 Å². The first-order valence-corrected chi connectivity index (χ1v) is 7.71. The molecule has 1 amide bonds. The Morgan fingerprint density at radius 1 is 1.33 bits per heavy atom. The molecule has 2 nitrogen and oxygen atoms in total. The Morgan fingerprint density at radius 2 is 2.00 bits per heavy atom. The van der Waals surface area contributed by atoms with Crippen LogP contribution in [0.4, 0.5) is 0 Å². The molecule has 4 aliphatic rings. The van der Waals surface area contributed by atoms with Crippen LogP contribution < -0.4 is 5.32 Å². The number of carbonyl (C=O) groups excluding carboxylic acids is 1. The van der Waals surface area contributed by atoms with Crippen LogP contribution in [0.2, 0.25) is 0 Å². The second-order valence-electron chi connectivity index (χ2n) is 6.77. The van der Waals surface area contributed by atoms with E-state index in [0.29, 0.717) is 17.3 Å². The first kappa shape index (κ1) is 12.5. The Hall–Kier alpha value is -0.490. The standard InChI is InChI=1S/C15H20BrNO/c1-2-3-17-13(18)9-14-5-11-4-12(6-14)8-15(16,7-11)10-14/h1,11-12H,3-10H2,(H,17,18). The number of halogens is 1. The predicted molar refractivity (Wildman–Crippen MR) is 75.2 cm³/mol. The van der Waals surface area contributed by atoms with E-state index in [1.165, 1.54) is 38.5 Å². The quantitative estimate of drug-likeness (QED) is 0.630. The molecule has 4 fully saturated rings. The normalized spacial score (nSPS) is 44.7. The van der Waals surface area contributed by atoms with Gasteiger partial charge < -0.3 is 5.32 Å². The number of terminal acetylenes is 1. The third-order valence-electron chi connectivity index (χ3n) is 5.03. The summed E-state index contributed by atoms with van der Waals surface area (Å²) < 4.78 is 0.337. The molecule has 4 aliphatic carbocycles. The molecule has 4 rings (SSSR count). The summed E-state index contributed by atoms with van der Waals surface area (Å²) in [5, 5.41) is 2.83. The first-order valence-electron chi connectivity index (χ1n) is 6.92. The molecule has 0 heterocycles. The fourth-order valence-corrected chi connectivity index (χ4v) is 6.61. The highest BCUT2D eigenvalue weighted by atomic mass is 79.9. The van der Waals surface area contributed by atoms with Crippen molar-refractivity contribution >= 4 is 21.8 Å². The summed E-state index contributed by atoms with van der Waals surface area (Å²) in [6, 6.07) is 0. The molecule has 0 aliphatic heterocycles. The Kier molecular flexibility index (Phi) is 2.97. The molecular formula is C15H20BrNO. The summed E-state index contributed by atoms with van der Waals surface area (Å²) in [6.45, 7) is 0.362. The average Bonchev–Trinajstić information content (AvgIpc) is 2.21. The van der Waals surface area contributed by atoms with Gasteiger partial charge in [-0.15, -0.1) is 6.42 Å². The van der Waals surface area contributed by atoms with Crippen LogP contribution in [0.25, 0.3) is 0 Å². The van der Waals surface area contributed by atoms with E-state index in [1.54, 1.807) is 0 Å². The van der Waals surface area contributed by atoms with Gasteiger partial charge in [-0.25, -0.2) is 0 Å². The molecule has 3 heteroatoms. The zero-order valence-electron chi connectivity index (χ0n) is 10.7. The van der Waals surface area contributed by atoms with Gasteiger partial charge in [0, 0.05) is 10.7 Å². The Labute approximate surface area is 117 Å². The van der Waals surface area contributed by atoms with Crippen LogP contribution in [0.5, 0.6) is 0 Å². The largest absolute Gasteiger partial charge is 0.345 e. The maximum Gasteiger partial charge on any atom is 0.221 e. The van der Waals surface area contributed by atoms with Crippen molar-refractivity contribution in [3.63, 3.8) is 0 Å². The van der Waals surface area contributed by atoms with Gasteiger partial charge in [0.2, 0.25) is 5.91 Å². The SMILES string of the molecule is C#CCNC(=O)CC12CC3CC(CC(Br)(C3)C1)C2. The minimum absolute atomic E-state index is 0.144. The van der Waals surface area contributed by atoms with Crippen LogP contribution in [-0.4, -0.2) is 16.8 Å². The van der Waals surface area contributed by atoms with Crippen molar-refractivity contribution in [1.29, 1.82) is 0 Å². The van der Waals surface area contributed by atoms with Crippen LogP contribution in [0.3, 0.4) is 0 Å². The molecule has 0 radical (unpaired) electrons. The molecular weight excluding hydrogens is 290 g/mol. The minimum Gasteiger partial charge on any atom is -0.345 e. The summed E-state index contributed by atoms with van der Waals surface area (Å²) in [5.41, 5.74) is 0.256. The van der Waals surface area contributed by atoms with Crippen molar-refractivity contribution in [1.82, 2.24) is 5.32 Å². The predicted octanol–water partition coefficient (Wildman–Crippen LogP) is 2.86. The lowest BCUT2D eigenvalue weighted by Gasteiger charge is -2.60. The summed E-state index contributed by atoms with van der Waals surface area (Å²) in [7, 11) is 0. The van der Waals surface area contributed by atoms with Crippen LogP contribution in [0, 0.1) is 29.6 Å². The van der Waals surface area contributed by atoms with E-state index in [1.807, 2.05) is 0 Å². The second kappa shape index (κ2) is 4.27. The topological polar surface area (TPSA) is 29.1 Å². The highest BCUT2D eigenvalue weighted by Crippen LogP contribution is 2.65. The highest BCUT2D eigenvalue weighted by Gasteiger charge is 2.57. The highest BCUT2D eigenvalue weighted by molar-refractivity contribution is 9.10. The van der Waals surface area contributed by atoms with Crippen molar-refractivity contribution in [3.8, 4) is 12.3 Å². The van der Waals surface area contributed by atoms with Crippen LogP contribution in [0.1, 0.15) is 44.9 Å². The summed E-state index contributed by atoms with van der Waals surface area (Å²) in [5.74, 6) is 4.30. The van der Waals surface area contributed by atoms with E-state index in [4.69, 9.17) is 6.42 Å². The molecule has 1 N–H and O–H groups in total. The number of hydrogen-bond acceptors (Lipinski definition) is 1. The molecule has 18 heavy (non-hydrogen) atoms. The van der Waals surface area contributed by atoms with Gasteiger partial charge in [-0.2, -0.15) is 0 Å². The molecule has 4 bridgehead atoms. The smallest absolute Gasteiger partial charge is 0.221 e. The average molecular weight is 310 g/mol. The van der Waals surface area contributed by atoms with E-state index < -0.39 is 0 Å². The Balaban J connectivity index is 1.71. The van der Waals surface area contributed by atoms with Gasteiger partial charge >= 0.3 is 0 Å². The minimum atomic E-state index is 0.144. The van der Waals surface area contributed by atoms with Gasteiger partial charge in [-0.05, 0) is 55.8 Å². The molecule has 0 aromatic carbocycles. The monoisotopic (exact) mass is 309 g/mol. The van der Waals surface area contributed by atoms with Gasteiger partial charge in [0.1, 0.15) is 0 Å². The van der Waals surface area contributed by atoms with E-state index in [-0.39, 0.29) is 11.3 Å². The number of amides is 1. The summed E-state index contributed by atoms with van der Waals surface area (Å²) in [4.78, 5) is 12.0. The van der Waals surface area contributed by atoms with E-state index >= 15 is 0 Å². The third kappa shape index (κ3) is 2.20. The lowest BCUT2D eigenvalue weighted by Crippen LogP contribution is -2.54. The number of alkyl halides is 1. The number of carbonyl (C=O) groups is 1. The van der Waals surface area contributed by atoms with Gasteiger partial charge in [-0.3, -0.25) is 4.79 Å². The lowest BCUT2D eigenvalue weighted by molar-refractivity contribution is -0.127. The van der Waals surface area contributed by atoms with E-state index in [2.05, 4.69) is 27.2 Å². The molecule has 0 saturated heterocycles. The molecule has 2 unspecified atom stereocenters. The van der Waals surface area contributed by atoms with E-state index in [0.717, 1.165) is 11.8 Å². The summed E-state index contributed by atoms with van der Waals surface area (Å²) >= 11 is 3.97. The van der Waals surface area contributed by atoms with Crippen molar-refractivity contribution < 1.29 is 4.79 Å². The maximum absolute atomic E-state index is 12.0. The zero-order valence-corrected chi connectivity index (χ0v) is 12.3. The Morgan fingerprint density at radius 3 is 2.56 bits per heavy atom. The first-order chi connectivity index (χ1) is 8.53. The fraction of sp³-hybridized carbons (Fsp3) is 0.800. The van der Waals surface area contributed by atoms with Crippen LogP contribution in [0.15, 0.2) is 0 Å². The second-order valence-corrected chi connectivity index (χ2v) is 8.45. The molecule has 98 valence electrons. The molecule has 4 saturated carbocycles. The van der Waals surface area contributed by atoms with Crippen molar-refractivity contribution in [2.75, 3.05) is 6.54 Å². The molecule has 2 atom stereocenters. The van der Waals surface area contributed by atoms with Crippen molar-refractivity contribution in [2.24, 2.45) is 17.3 Å².